The fraction of sp³-hybridized carbons (Fsp3) is 0.667. The topological polar surface area (TPSA) is 32.7 Å². The van der Waals surface area contributed by atoms with Gasteiger partial charge in [0.05, 0.1) is 25.8 Å². The molecule has 1 heterocycles. The van der Waals surface area contributed by atoms with Crippen molar-refractivity contribution >= 4 is 0 Å². The van der Waals surface area contributed by atoms with Crippen LogP contribution in [0, 0.1) is 12.3 Å². The Kier molecular flexibility index (Phi) is 2.06. The fourth-order valence-electron chi connectivity index (χ4n) is 0.744. The zero-order chi connectivity index (χ0) is 6.69. The summed E-state index contributed by atoms with van der Waals surface area (Å²) in [5, 5.41) is 10.5. The summed E-state index contributed by atoms with van der Waals surface area (Å²) in [6.07, 6.45) is 4.64. The average Bonchev–Trinajstić information content (AvgIpc) is 2.17. The van der Waals surface area contributed by atoms with Gasteiger partial charge in [-0.3, -0.25) is 4.84 Å². The number of terminal acetylenes is 1. The molecule has 0 bridgehead atoms. The Balaban J connectivity index is 2.24. The Bertz CT molecular complexity index is 130. The van der Waals surface area contributed by atoms with E-state index in [1.165, 1.54) is 0 Å². The summed E-state index contributed by atoms with van der Waals surface area (Å²) in [6.45, 7) is 1.36. The van der Waals surface area contributed by atoms with Crippen LogP contribution < -0.4 is 0 Å². The smallest absolute Gasteiger partial charge is 0.0958 e. The summed E-state index contributed by atoms with van der Waals surface area (Å²) in [4.78, 5) is 4.95. The molecule has 0 aliphatic carbocycles. The van der Waals surface area contributed by atoms with Crippen LogP contribution in [0.5, 0.6) is 0 Å². The molecule has 50 valence electrons. The third kappa shape index (κ3) is 1.68. The largest absolute Gasteiger partial charge is 0.389 e. The average molecular weight is 127 g/mol. The molecule has 3 heteroatoms. The van der Waals surface area contributed by atoms with E-state index in [4.69, 9.17) is 16.4 Å². The molecule has 0 saturated carbocycles. The van der Waals surface area contributed by atoms with Crippen LogP contribution in [0.4, 0.5) is 0 Å². The van der Waals surface area contributed by atoms with E-state index in [-0.39, 0.29) is 6.10 Å². The minimum atomic E-state index is -0.363. The SMILES string of the molecule is C#CCN1C[C@H](O)CO1. The van der Waals surface area contributed by atoms with E-state index >= 15 is 0 Å². The first-order chi connectivity index (χ1) is 4.33. The number of hydroxylamine groups is 2. The monoisotopic (exact) mass is 127 g/mol. The van der Waals surface area contributed by atoms with Crippen LogP contribution in [-0.4, -0.2) is 36.0 Å². The van der Waals surface area contributed by atoms with Crippen molar-refractivity contribution in [3.63, 3.8) is 0 Å². The molecule has 0 aromatic heterocycles. The van der Waals surface area contributed by atoms with Crippen molar-refractivity contribution in [3.8, 4) is 12.3 Å². The second-order valence-corrected chi connectivity index (χ2v) is 1.98. The molecule has 1 rings (SSSR count). The minimum absolute atomic E-state index is 0.363. The second kappa shape index (κ2) is 2.83. The van der Waals surface area contributed by atoms with Gasteiger partial charge in [0.1, 0.15) is 0 Å². The molecule has 1 saturated heterocycles. The van der Waals surface area contributed by atoms with Crippen LogP contribution in [-0.2, 0) is 4.84 Å². The number of rotatable bonds is 1. The Morgan fingerprint density at radius 2 is 2.67 bits per heavy atom. The molecular formula is C6H9NO2. The van der Waals surface area contributed by atoms with Gasteiger partial charge >= 0.3 is 0 Å². The highest BCUT2D eigenvalue weighted by Crippen LogP contribution is 2.02. The van der Waals surface area contributed by atoms with Gasteiger partial charge in [-0.05, 0) is 0 Å². The van der Waals surface area contributed by atoms with Crippen molar-refractivity contribution in [1.29, 1.82) is 0 Å². The van der Waals surface area contributed by atoms with Gasteiger partial charge in [-0.2, -0.15) is 5.06 Å². The summed E-state index contributed by atoms with van der Waals surface area (Å²) in [5.41, 5.74) is 0. The van der Waals surface area contributed by atoms with Crippen molar-refractivity contribution in [2.24, 2.45) is 0 Å². The minimum Gasteiger partial charge on any atom is -0.389 e. The van der Waals surface area contributed by atoms with Gasteiger partial charge in [-0.25, -0.2) is 0 Å². The van der Waals surface area contributed by atoms with Gasteiger partial charge in [-0.1, -0.05) is 5.92 Å². The molecule has 0 radical (unpaired) electrons. The van der Waals surface area contributed by atoms with Gasteiger partial charge < -0.3 is 5.11 Å². The molecule has 9 heavy (non-hydrogen) atoms. The van der Waals surface area contributed by atoms with Gasteiger partial charge in [0.15, 0.2) is 0 Å². The summed E-state index contributed by atoms with van der Waals surface area (Å²) in [5.74, 6) is 2.42. The number of aliphatic hydroxyl groups is 1. The lowest BCUT2D eigenvalue weighted by Crippen LogP contribution is -2.20. The van der Waals surface area contributed by atoms with Crippen LogP contribution in [0.25, 0.3) is 0 Å². The Morgan fingerprint density at radius 3 is 3.11 bits per heavy atom. The van der Waals surface area contributed by atoms with Crippen molar-refractivity contribution in [2.45, 2.75) is 6.10 Å². The molecule has 0 amide bonds. The van der Waals surface area contributed by atoms with Crippen molar-refractivity contribution in [2.75, 3.05) is 19.7 Å². The number of hydrogen-bond acceptors (Lipinski definition) is 3. The summed E-state index contributed by atoms with van der Waals surface area (Å²) in [7, 11) is 0. The van der Waals surface area contributed by atoms with Crippen LogP contribution in [0.1, 0.15) is 0 Å². The van der Waals surface area contributed by atoms with Gasteiger partial charge in [0.25, 0.3) is 0 Å². The molecule has 0 aromatic rings. The lowest BCUT2D eigenvalue weighted by Gasteiger charge is -2.07. The van der Waals surface area contributed by atoms with E-state index in [1.54, 1.807) is 5.06 Å². The number of nitrogens with zero attached hydrogens (tertiary/aromatic N) is 1. The first kappa shape index (κ1) is 6.56. The lowest BCUT2D eigenvalue weighted by molar-refractivity contribution is -0.0993. The Labute approximate surface area is 54.2 Å². The van der Waals surface area contributed by atoms with E-state index in [9.17, 15) is 0 Å². The van der Waals surface area contributed by atoms with Crippen LogP contribution in [0.3, 0.4) is 0 Å². The number of hydrogen-bond donors (Lipinski definition) is 1. The third-order valence-electron chi connectivity index (χ3n) is 1.13. The van der Waals surface area contributed by atoms with Gasteiger partial charge in [0.2, 0.25) is 0 Å². The highest BCUT2D eigenvalue weighted by molar-refractivity contribution is 4.87. The molecule has 1 fully saturated rings. The van der Waals surface area contributed by atoms with E-state index in [2.05, 4.69) is 5.92 Å². The normalized spacial score (nSPS) is 28.2. The molecule has 0 aromatic carbocycles. The predicted octanol–water partition coefficient (Wildman–Crippen LogP) is -0.772. The van der Waals surface area contributed by atoms with Crippen molar-refractivity contribution < 1.29 is 9.94 Å². The van der Waals surface area contributed by atoms with Crippen molar-refractivity contribution in [1.82, 2.24) is 5.06 Å². The fourth-order valence-corrected chi connectivity index (χ4v) is 0.744. The number of aliphatic hydroxyl groups excluding tert-OH is 1. The third-order valence-corrected chi connectivity index (χ3v) is 1.13. The highest BCUT2D eigenvalue weighted by atomic mass is 16.7. The molecule has 1 N–H and O–H groups in total. The summed E-state index contributed by atoms with van der Waals surface area (Å²) >= 11 is 0. The second-order valence-electron chi connectivity index (χ2n) is 1.98. The molecule has 0 unspecified atom stereocenters. The van der Waals surface area contributed by atoms with E-state index < -0.39 is 0 Å². The van der Waals surface area contributed by atoms with Gasteiger partial charge in [0, 0.05) is 0 Å². The maximum atomic E-state index is 8.89. The molecule has 1 aliphatic rings. The first-order valence-electron chi connectivity index (χ1n) is 2.82. The molecule has 1 aliphatic heterocycles. The quantitative estimate of drug-likeness (QED) is 0.469. The number of β-amino-alcohol motifs (C(OH)–C–C–N with tert-alkyl or cyclic N) is 1. The van der Waals surface area contributed by atoms with Gasteiger partial charge in [-0.15, -0.1) is 6.42 Å². The highest BCUT2D eigenvalue weighted by Gasteiger charge is 2.19. The predicted molar refractivity (Wildman–Crippen MR) is 32.4 cm³/mol. The van der Waals surface area contributed by atoms with Crippen LogP contribution >= 0.6 is 0 Å². The van der Waals surface area contributed by atoms with Crippen LogP contribution in [0.15, 0.2) is 0 Å². The standard InChI is InChI=1S/C6H9NO2/c1-2-3-7-4-6(8)5-9-7/h1,6,8H,3-5H2/t6-/m0/s1. The zero-order valence-electron chi connectivity index (χ0n) is 5.08. The van der Waals surface area contributed by atoms with E-state index in [0.717, 1.165) is 0 Å². The zero-order valence-corrected chi connectivity index (χ0v) is 5.08. The Morgan fingerprint density at radius 1 is 1.89 bits per heavy atom. The lowest BCUT2D eigenvalue weighted by atomic mass is 10.4. The van der Waals surface area contributed by atoms with Crippen LogP contribution in [0.2, 0.25) is 0 Å². The summed E-state index contributed by atoms with van der Waals surface area (Å²) < 4.78 is 0. The maximum Gasteiger partial charge on any atom is 0.0958 e. The Hall–Kier alpha value is -0.560. The summed E-state index contributed by atoms with van der Waals surface area (Å²) in [6, 6.07) is 0. The molecule has 0 spiro atoms. The first-order valence-corrected chi connectivity index (χ1v) is 2.82. The maximum absolute atomic E-state index is 8.89. The molecule has 3 nitrogen and oxygen atoms in total. The van der Waals surface area contributed by atoms with Crippen molar-refractivity contribution in [3.05, 3.63) is 0 Å². The van der Waals surface area contributed by atoms with E-state index in [1.807, 2.05) is 0 Å². The van der Waals surface area contributed by atoms with E-state index in [0.29, 0.717) is 19.7 Å². The molecular weight excluding hydrogens is 118 g/mol. The molecule has 1 atom stereocenters.